The molecule has 35 heavy (non-hydrogen) atoms. The first-order valence-corrected chi connectivity index (χ1v) is 12.4. The van der Waals surface area contributed by atoms with Crippen LogP contribution in [0.3, 0.4) is 0 Å². The number of amides is 1. The van der Waals surface area contributed by atoms with Crippen LogP contribution in [0.2, 0.25) is 10.0 Å². The van der Waals surface area contributed by atoms with Crippen molar-refractivity contribution in [3.63, 3.8) is 0 Å². The van der Waals surface area contributed by atoms with Gasteiger partial charge in [-0.15, -0.1) is 0 Å². The molecule has 1 aliphatic rings. The van der Waals surface area contributed by atoms with Crippen molar-refractivity contribution in [3.8, 4) is 23.3 Å². The first kappa shape index (κ1) is 27.2. The molecular weight excluding hydrogens is 487 g/mol. The van der Waals surface area contributed by atoms with Crippen LogP contribution in [0.4, 0.5) is 4.79 Å². The van der Waals surface area contributed by atoms with Gasteiger partial charge in [0.05, 0.1) is 29.8 Å². The van der Waals surface area contributed by atoms with E-state index in [1.807, 2.05) is 39.0 Å². The summed E-state index contributed by atoms with van der Waals surface area (Å²) in [5.74, 6) is 7.63. The lowest BCUT2D eigenvalue weighted by molar-refractivity contribution is 0.0284. The highest BCUT2D eigenvalue weighted by Crippen LogP contribution is 2.32. The third kappa shape index (κ3) is 8.94. The summed E-state index contributed by atoms with van der Waals surface area (Å²) >= 11 is 12.2. The molecule has 0 spiro atoms. The minimum absolute atomic E-state index is 0.287. The van der Waals surface area contributed by atoms with Crippen LogP contribution in [-0.4, -0.2) is 61.4 Å². The Balaban J connectivity index is 1.77. The molecule has 0 aromatic heterocycles. The number of nitrogens with zero attached hydrogens (tertiary/aromatic N) is 2. The summed E-state index contributed by atoms with van der Waals surface area (Å²) in [5.41, 5.74) is 1.06. The number of morpholine rings is 1. The zero-order valence-electron chi connectivity index (χ0n) is 20.7. The third-order valence-corrected chi connectivity index (χ3v) is 5.92. The van der Waals surface area contributed by atoms with Crippen LogP contribution >= 0.6 is 23.2 Å². The first-order chi connectivity index (χ1) is 16.6. The molecule has 0 bridgehead atoms. The van der Waals surface area contributed by atoms with Crippen molar-refractivity contribution < 1.29 is 19.0 Å². The van der Waals surface area contributed by atoms with Crippen molar-refractivity contribution in [1.29, 1.82) is 0 Å². The largest absolute Gasteiger partial charge is 0.457 e. The molecule has 1 heterocycles. The van der Waals surface area contributed by atoms with Gasteiger partial charge in [-0.25, -0.2) is 4.79 Å². The normalized spacial score (nSPS) is 14.1. The van der Waals surface area contributed by atoms with E-state index >= 15 is 0 Å². The average molecular weight is 519 g/mol. The smallest absolute Gasteiger partial charge is 0.410 e. The maximum atomic E-state index is 12.6. The Bertz CT molecular complexity index is 1080. The molecule has 0 aliphatic carbocycles. The molecule has 2 aromatic rings. The van der Waals surface area contributed by atoms with E-state index in [0.29, 0.717) is 21.5 Å². The molecule has 0 radical (unpaired) electrons. The summed E-state index contributed by atoms with van der Waals surface area (Å²) in [4.78, 5) is 16.4. The van der Waals surface area contributed by atoms with E-state index in [9.17, 15) is 4.79 Å². The van der Waals surface area contributed by atoms with Crippen molar-refractivity contribution in [1.82, 2.24) is 9.80 Å². The fourth-order valence-electron chi connectivity index (χ4n) is 3.41. The fourth-order valence-corrected chi connectivity index (χ4v) is 3.70. The Morgan fingerprint density at radius 1 is 1.11 bits per heavy atom. The van der Waals surface area contributed by atoms with Crippen molar-refractivity contribution in [2.75, 3.05) is 39.9 Å². The van der Waals surface area contributed by atoms with Gasteiger partial charge in [-0.2, -0.15) is 0 Å². The van der Waals surface area contributed by atoms with Gasteiger partial charge in [-0.05, 0) is 51.1 Å². The van der Waals surface area contributed by atoms with E-state index in [-0.39, 0.29) is 6.54 Å². The summed E-state index contributed by atoms with van der Waals surface area (Å²) in [5, 5.41) is 0.853. The lowest BCUT2D eigenvalue weighted by Crippen LogP contribution is -2.36. The summed E-state index contributed by atoms with van der Waals surface area (Å²) < 4.78 is 17.0. The van der Waals surface area contributed by atoms with Gasteiger partial charge in [-0.3, -0.25) is 4.90 Å². The SMILES string of the molecule is CN(Cc1cc(C#CCCN2CCOCC2)ccc1Oc1ccc(Cl)c(Cl)c1)C(=O)OC(C)(C)C. The highest BCUT2D eigenvalue weighted by atomic mass is 35.5. The Morgan fingerprint density at radius 2 is 1.86 bits per heavy atom. The number of hydrogen-bond acceptors (Lipinski definition) is 5. The molecule has 3 rings (SSSR count). The predicted octanol–water partition coefficient (Wildman–Crippen LogP) is 6.23. The molecule has 0 saturated carbocycles. The van der Waals surface area contributed by atoms with E-state index in [1.54, 1.807) is 25.2 Å². The molecule has 0 N–H and O–H groups in total. The lowest BCUT2D eigenvalue weighted by Gasteiger charge is -2.25. The Morgan fingerprint density at radius 3 is 2.54 bits per heavy atom. The second kappa shape index (κ2) is 12.5. The van der Waals surface area contributed by atoms with Gasteiger partial charge in [0, 0.05) is 50.3 Å². The molecule has 188 valence electrons. The Kier molecular flexibility index (Phi) is 9.71. The van der Waals surface area contributed by atoms with Crippen LogP contribution in [-0.2, 0) is 16.0 Å². The molecule has 1 aliphatic heterocycles. The van der Waals surface area contributed by atoms with Gasteiger partial charge in [-0.1, -0.05) is 35.0 Å². The maximum Gasteiger partial charge on any atom is 0.410 e. The van der Waals surface area contributed by atoms with Crippen molar-refractivity contribution in [3.05, 3.63) is 57.6 Å². The zero-order chi connectivity index (χ0) is 25.4. The van der Waals surface area contributed by atoms with Gasteiger partial charge in [0.25, 0.3) is 0 Å². The van der Waals surface area contributed by atoms with Crippen LogP contribution < -0.4 is 4.74 Å². The molecule has 0 atom stereocenters. The quantitative estimate of drug-likeness (QED) is 0.424. The van der Waals surface area contributed by atoms with Crippen molar-refractivity contribution in [2.45, 2.75) is 39.3 Å². The monoisotopic (exact) mass is 518 g/mol. The zero-order valence-corrected chi connectivity index (χ0v) is 22.2. The second-order valence-electron chi connectivity index (χ2n) is 9.34. The van der Waals surface area contributed by atoms with Crippen LogP contribution in [0, 0.1) is 11.8 Å². The lowest BCUT2D eigenvalue weighted by atomic mass is 10.1. The van der Waals surface area contributed by atoms with Gasteiger partial charge >= 0.3 is 6.09 Å². The first-order valence-electron chi connectivity index (χ1n) is 11.6. The fraction of sp³-hybridized carbons (Fsp3) is 0.444. The van der Waals surface area contributed by atoms with E-state index in [0.717, 1.165) is 50.4 Å². The highest BCUT2D eigenvalue weighted by molar-refractivity contribution is 6.42. The highest BCUT2D eigenvalue weighted by Gasteiger charge is 2.21. The van der Waals surface area contributed by atoms with Gasteiger partial charge in [0.15, 0.2) is 0 Å². The van der Waals surface area contributed by atoms with Gasteiger partial charge in [0.1, 0.15) is 17.1 Å². The number of ether oxygens (including phenoxy) is 3. The van der Waals surface area contributed by atoms with Crippen LogP contribution in [0.5, 0.6) is 11.5 Å². The summed E-state index contributed by atoms with van der Waals surface area (Å²) in [6.07, 6.45) is 0.356. The minimum Gasteiger partial charge on any atom is -0.457 e. The minimum atomic E-state index is -0.585. The number of hydrogen-bond donors (Lipinski definition) is 0. The number of benzene rings is 2. The van der Waals surface area contributed by atoms with E-state index in [1.165, 1.54) is 4.90 Å². The Labute approximate surface area is 218 Å². The number of carbonyl (C=O) groups is 1. The van der Waals surface area contributed by atoms with E-state index in [4.69, 9.17) is 37.4 Å². The molecule has 0 unspecified atom stereocenters. The Hall–Kier alpha value is -2.43. The van der Waals surface area contributed by atoms with Crippen LogP contribution in [0.15, 0.2) is 36.4 Å². The van der Waals surface area contributed by atoms with Gasteiger partial charge in [0.2, 0.25) is 0 Å². The number of carbonyl (C=O) groups excluding carboxylic acids is 1. The summed E-state index contributed by atoms with van der Waals surface area (Å²) in [6, 6.07) is 10.8. The van der Waals surface area contributed by atoms with Crippen LogP contribution in [0.25, 0.3) is 0 Å². The molecule has 8 heteroatoms. The maximum absolute atomic E-state index is 12.6. The standard InChI is InChI=1S/C27H32Cl2N2O4/c1-27(2,3)35-26(32)30(4)19-21-17-20(7-5-6-12-31-13-15-33-16-14-31)8-11-25(21)34-22-9-10-23(28)24(29)18-22/h8-11,17-18H,6,12-16,19H2,1-4H3. The molecule has 1 amide bonds. The second-order valence-corrected chi connectivity index (χ2v) is 10.2. The number of rotatable bonds is 6. The third-order valence-electron chi connectivity index (χ3n) is 5.18. The topological polar surface area (TPSA) is 51.2 Å². The molecule has 1 saturated heterocycles. The van der Waals surface area contributed by atoms with Gasteiger partial charge < -0.3 is 19.1 Å². The van der Waals surface area contributed by atoms with Crippen molar-refractivity contribution >= 4 is 29.3 Å². The molecule has 6 nitrogen and oxygen atoms in total. The summed E-state index contributed by atoms with van der Waals surface area (Å²) in [7, 11) is 1.69. The van der Waals surface area contributed by atoms with E-state index < -0.39 is 11.7 Å². The van der Waals surface area contributed by atoms with Crippen LogP contribution in [0.1, 0.15) is 38.3 Å². The number of halogens is 2. The average Bonchev–Trinajstić information content (AvgIpc) is 2.80. The van der Waals surface area contributed by atoms with E-state index in [2.05, 4.69) is 16.7 Å². The summed E-state index contributed by atoms with van der Waals surface area (Å²) in [6.45, 7) is 10.2. The molecule has 2 aromatic carbocycles. The predicted molar refractivity (Wildman–Crippen MR) is 139 cm³/mol. The molecule has 1 fully saturated rings. The molecular formula is C27H32Cl2N2O4. The van der Waals surface area contributed by atoms with Crippen molar-refractivity contribution in [2.24, 2.45) is 0 Å².